The average Bonchev–Trinajstić information content (AvgIpc) is 2.28. The number of ether oxygens (including phenoxy) is 1. The van der Waals surface area contributed by atoms with Gasteiger partial charge in [-0.2, -0.15) is 0 Å². The Bertz CT molecular complexity index is 387. The molecule has 2 heteroatoms. The maximum Gasteiger partial charge on any atom is 0.314 e. The molecule has 0 aliphatic heterocycles. The van der Waals surface area contributed by atoms with Crippen molar-refractivity contribution < 1.29 is 9.53 Å². The molecule has 0 aromatic rings. The Hall–Kier alpha value is -1.31. The summed E-state index contributed by atoms with van der Waals surface area (Å²) in [6.07, 6.45) is 7.83. The Morgan fingerprint density at radius 3 is 2.10 bits per heavy atom. The van der Waals surface area contributed by atoms with Gasteiger partial charge in [0.1, 0.15) is 5.76 Å². The molecule has 0 saturated heterocycles. The maximum atomic E-state index is 12.5. The molecule has 0 radical (unpaired) electrons. The molecule has 0 aliphatic carbocycles. The normalized spacial score (nSPS) is 15.2. The third kappa shape index (κ3) is 7.32. The Labute approximate surface area is 124 Å². The lowest BCUT2D eigenvalue weighted by Gasteiger charge is -2.33. The number of hydrogen-bond acceptors (Lipinski definition) is 2. The fourth-order valence-corrected chi connectivity index (χ4v) is 1.88. The zero-order valence-corrected chi connectivity index (χ0v) is 14.1. The van der Waals surface area contributed by atoms with Gasteiger partial charge in [-0.15, -0.1) is 0 Å². The topological polar surface area (TPSA) is 26.3 Å². The van der Waals surface area contributed by atoms with Crippen LogP contribution < -0.4 is 0 Å². The van der Waals surface area contributed by atoms with Gasteiger partial charge in [0, 0.05) is 0 Å². The summed E-state index contributed by atoms with van der Waals surface area (Å²) in [5.74, 6) is 0.177. The Morgan fingerprint density at radius 1 is 1.20 bits per heavy atom. The standard InChI is InChI=1S/C18H30O2/c1-9-11-12-14(10-2)20-16(19)15(18(6,7)8)13-17(3,4)5/h9-12,15H,2,13H2,1,3-8H3/b11-9-,14-12+. The van der Waals surface area contributed by atoms with E-state index in [1.165, 1.54) is 0 Å². The monoisotopic (exact) mass is 278 g/mol. The van der Waals surface area contributed by atoms with Gasteiger partial charge < -0.3 is 4.74 Å². The van der Waals surface area contributed by atoms with Gasteiger partial charge in [-0.3, -0.25) is 4.79 Å². The van der Waals surface area contributed by atoms with Gasteiger partial charge in [-0.05, 0) is 36.3 Å². The molecule has 0 fully saturated rings. The quantitative estimate of drug-likeness (QED) is 0.389. The zero-order chi connectivity index (χ0) is 16.0. The van der Waals surface area contributed by atoms with Crippen LogP contribution >= 0.6 is 0 Å². The van der Waals surface area contributed by atoms with Crippen molar-refractivity contribution in [1.29, 1.82) is 0 Å². The Kier molecular flexibility index (Phi) is 6.98. The summed E-state index contributed by atoms with van der Waals surface area (Å²) in [7, 11) is 0. The maximum absolute atomic E-state index is 12.5. The van der Waals surface area contributed by atoms with Crippen molar-refractivity contribution >= 4 is 5.97 Å². The summed E-state index contributed by atoms with van der Waals surface area (Å²) in [5, 5.41) is 0. The van der Waals surface area contributed by atoms with E-state index in [1.807, 2.05) is 19.1 Å². The molecule has 0 aliphatic rings. The summed E-state index contributed by atoms with van der Waals surface area (Å²) < 4.78 is 5.49. The summed E-state index contributed by atoms with van der Waals surface area (Å²) in [5.41, 5.74) is -0.0460. The number of hydrogen-bond donors (Lipinski definition) is 0. The van der Waals surface area contributed by atoms with Gasteiger partial charge in [-0.25, -0.2) is 0 Å². The molecule has 1 unspecified atom stereocenters. The number of allylic oxidation sites excluding steroid dienone is 4. The van der Waals surface area contributed by atoms with Crippen LogP contribution in [0.25, 0.3) is 0 Å². The van der Waals surface area contributed by atoms with E-state index in [-0.39, 0.29) is 22.7 Å². The molecule has 0 rings (SSSR count). The van der Waals surface area contributed by atoms with E-state index >= 15 is 0 Å². The van der Waals surface area contributed by atoms with Gasteiger partial charge in [0.15, 0.2) is 0 Å². The van der Waals surface area contributed by atoms with Crippen molar-refractivity contribution in [3.05, 3.63) is 36.6 Å². The molecule has 0 heterocycles. The van der Waals surface area contributed by atoms with Crippen molar-refractivity contribution in [3.63, 3.8) is 0 Å². The first-order valence-electron chi connectivity index (χ1n) is 7.18. The summed E-state index contributed by atoms with van der Waals surface area (Å²) in [6, 6.07) is 0. The largest absolute Gasteiger partial charge is 0.426 e. The molecule has 0 bridgehead atoms. The molecular weight excluding hydrogens is 248 g/mol. The molecule has 0 spiro atoms. The van der Waals surface area contributed by atoms with E-state index in [2.05, 4.69) is 48.1 Å². The SMILES string of the molecule is C=C/C(=C\C=C/C)OC(=O)C(CC(C)(C)C)C(C)(C)C. The fourth-order valence-electron chi connectivity index (χ4n) is 1.88. The van der Waals surface area contributed by atoms with Crippen LogP contribution in [0.1, 0.15) is 54.9 Å². The lowest BCUT2D eigenvalue weighted by molar-refractivity contribution is -0.149. The van der Waals surface area contributed by atoms with Crippen LogP contribution in [0, 0.1) is 16.7 Å². The molecular formula is C18H30O2. The first-order valence-corrected chi connectivity index (χ1v) is 7.18. The summed E-state index contributed by atoms with van der Waals surface area (Å²) in [6.45, 7) is 18.3. The lowest BCUT2D eigenvalue weighted by atomic mass is 9.72. The summed E-state index contributed by atoms with van der Waals surface area (Å²) >= 11 is 0. The molecule has 2 nitrogen and oxygen atoms in total. The first-order chi connectivity index (χ1) is 9.01. The Morgan fingerprint density at radius 2 is 1.75 bits per heavy atom. The van der Waals surface area contributed by atoms with Gasteiger partial charge >= 0.3 is 5.97 Å². The second-order valence-corrected chi connectivity index (χ2v) is 7.40. The fraction of sp³-hybridized carbons (Fsp3) is 0.611. The van der Waals surface area contributed by atoms with Crippen molar-refractivity contribution in [2.45, 2.75) is 54.9 Å². The molecule has 0 saturated carbocycles. The highest BCUT2D eigenvalue weighted by atomic mass is 16.5. The smallest absolute Gasteiger partial charge is 0.314 e. The second-order valence-electron chi connectivity index (χ2n) is 7.40. The predicted octanol–water partition coefficient (Wildman–Crippen LogP) is 5.27. The highest BCUT2D eigenvalue weighted by molar-refractivity contribution is 5.74. The van der Waals surface area contributed by atoms with Crippen molar-refractivity contribution in [2.24, 2.45) is 16.7 Å². The lowest BCUT2D eigenvalue weighted by Crippen LogP contribution is -2.33. The minimum Gasteiger partial charge on any atom is -0.426 e. The molecule has 0 N–H and O–H groups in total. The molecule has 1 atom stereocenters. The van der Waals surface area contributed by atoms with Crippen molar-refractivity contribution in [1.82, 2.24) is 0 Å². The Balaban J connectivity index is 5.11. The molecule has 114 valence electrons. The van der Waals surface area contributed by atoms with Crippen LogP contribution in [0.3, 0.4) is 0 Å². The van der Waals surface area contributed by atoms with E-state index < -0.39 is 0 Å². The van der Waals surface area contributed by atoms with E-state index in [9.17, 15) is 4.79 Å². The minimum atomic E-state index is -0.178. The van der Waals surface area contributed by atoms with Crippen LogP contribution in [0.5, 0.6) is 0 Å². The summed E-state index contributed by atoms with van der Waals surface area (Å²) in [4.78, 5) is 12.5. The number of carbonyl (C=O) groups excluding carboxylic acids is 1. The molecule has 0 aromatic carbocycles. The van der Waals surface area contributed by atoms with Gasteiger partial charge in [0.05, 0.1) is 5.92 Å². The van der Waals surface area contributed by atoms with E-state index in [4.69, 9.17) is 4.74 Å². The van der Waals surface area contributed by atoms with Crippen LogP contribution in [-0.4, -0.2) is 5.97 Å². The minimum absolute atomic E-state index is 0.0817. The van der Waals surface area contributed by atoms with Crippen LogP contribution in [0.4, 0.5) is 0 Å². The average molecular weight is 278 g/mol. The molecule has 0 aromatic heterocycles. The first kappa shape index (κ1) is 18.7. The van der Waals surface area contributed by atoms with Gasteiger partial charge in [0.2, 0.25) is 0 Å². The van der Waals surface area contributed by atoms with Crippen LogP contribution in [0.15, 0.2) is 36.6 Å². The van der Waals surface area contributed by atoms with Gasteiger partial charge in [-0.1, -0.05) is 60.3 Å². The third-order valence-corrected chi connectivity index (χ3v) is 3.02. The molecule has 0 amide bonds. The van der Waals surface area contributed by atoms with Crippen molar-refractivity contribution in [2.75, 3.05) is 0 Å². The van der Waals surface area contributed by atoms with E-state index in [0.29, 0.717) is 5.76 Å². The zero-order valence-electron chi connectivity index (χ0n) is 14.1. The van der Waals surface area contributed by atoms with Crippen LogP contribution in [-0.2, 0) is 9.53 Å². The van der Waals surface area contributed by atoms with Gasteiger partial charge in [0.25, 0.3) is 0 Å². The second kappa shape index (κ2) is 7.47. The highest BCUT2D eigenvalue weighted by Crippen LogP contribution is 2.37. The van der Waals surface area contributed by atoms with Crippen molar-refractivity contribution in [3.8, 4) is 0 Å². The third-order valence-electron chi connectivity index (χ3n) is 3.02. The van der Waals surface area contributed by atoms with E-state index in [0.717, 1.165) is 6.42 Å². The predicted molar refractivity (Wildman–Crippen MR) is 86.2 cm³/mol. The van der Waals surface area contributed by atoms with Crippen LogP contribution in [0.2, 0.25) is 0 Å². The molecule has 20 heavy (non-hydrogen) atoms. The number of esters is 1. The number of carbonyl (C=O) groups is 1. The number of rotatable bonds is 5. The highest BCUT2D eigenvalue weighted by Gasteiger charge is 2.36. The van der Waals surface area contributed by atoms with E-state index in [1.54, 1.807) is 12.2 Å².